The van der Waals surface area contributed by atoms with Crippen molar-refractivity contribution in [2.75, 3.05) is 19.8 Å². The van der Waals surface area contributed by atoms with Crippen LogP contribution in [0.5, 0.6) is 11.5 Å². The van der Waals surface area contributed by atoms with E-state index in [0.29, 0.717) is 30.9 Å². The number of nitrogens with one attached hydrogen (secondary N) is 1. The second-order valence-electron chi connectivity index (χ2n) is 6.29. The van der Waals surface area contributed by atoms with Gasteiger partial charge in [0.15, 0.2) is 0 Å². The van der Waals surface area contributed by atoms with Gasteiger partial charge < -0.3 is 19.9 Å². The largest absolute Gasteiger partial charge is 0.494 e. The van der Waals surface area contributed by atoms with E-state index < -0.39 is 0 Å². The lowest BCUT2D eigenvalue weighted by molar-refractivity contribution is 0.0526. The number of rotatable bonds is 12. The van der Waals surface area contributed by atoms with Gasteiger partial charge >= 0.3 is 5.97 Å². The number of ether oxygens (including phenoxy) is 3. The van der Waals surface area contributed by atoms with Crippen LogP contribution in [-0.2, 0) is 4.74 Å². The first-order valence-electron chi connectivity index (χ1n) is 9.57. The summed E-state index contributed by atoms with van der Waals surface area (Å²) in [5.74, 6) is 1.29. The van der Waals surface area contributed by atoms with E-state index in [1.807, 2.05) is 12.1 Å². The van der Waals surface area contributed by atoms with Crippen LogP contribution < -0.4 is 15.2 Å². The Hall–Kier alpha value is -3.02. The van der Waals surface area contributed by atoms with Gasteiger partial charge in [-0.2, -0.15) is 0 Å². The molecule has 2 aromatic rings. The van der Waals surface area contributed by atoms with Gasteiger partial charge in [0.1, 0.15) is 17.3 Å². The van der Waals surface area contributed by atoms with E-state index in [1.54, 1.807) is 43.3 Å². The number of hydrogen-bond acceptors (Lipinski definition) is 5. The lowest BCUT2D eigenvalue weighted by atomic mass is 10.2. The van der Waals surface area contributed by atoms with Crippen molar-refractivity contribution in [3.63, 3.8) is 0 Å². The molecule has 6 nitrogen and oxygen atoms in total. The molecule has 150 valence electrons. The third kappa shape index (κ3) is 7.31. The van der Waals surface area contributed by atoms with Gasteiger partial charge in [-0.15, -0.1) is 0 Å². The summed E-state index contributed by atoms with van der Waals surface area (Å²) < 4.78 is 16.3. The van der Waals surface area contributed by atoms with Crippen LogP contribution >= 0.6 is 0 Å². The van der Waals surface area contributed by atoms with E-state index in [-0.39, 0.29) is 11.8 Å². The molecule has 0 saturated carbocycles. The lowest BCUT2D eigenvalue weighted by Crippen LogP contribution is -2.10. The molecule has 3 N–H and O–H groups in total. The Morgan fingerprint density at radius 2 is 1.29 bits per heavy atom. The van der Waals surface area contributed by atoms with Gasteiger partial charge in [0.05, 0.1) is 25.4 Å². The molecular weight excluding hydrogens is 356 g/mol. The highest BCUT2D eigenvalue weighted by Crippen LogP contribution is 2.15. The van der Waals surface area contributed by atoms with E-state index in [0.717, 1.165) is 37.2 Å². The maximum absolute atomic E-state index is 11.6. The number of benzene rings is 2. The van der Waals surface area contributed by atoms with E-state index in [4.69, 9.17) is 25.4 Å². The fourth-order valence-electron chi connectivity index (χ4n) is 2.57. The summed E-state index contributed by atoms with van der Waals surface area (Å²) in [6.07, 6.45) is 4.07. The molecule has 0 amide bonds. The van der Waals surface area contributed by atoms with Gasteiger partial charge in [0.2, 0.25) is 0 Å². The SMILES string of the molecule is CCOC(=O)c1ccc(OCCCCCCOc2ccc(C(=N)N)cc2)cc1. The van der Waals surface area contributed by atoms with Crippen LogP contribution in [0, 0.1) is 5.41 Å². The molecule has 0 unspecified atom stereocenters. The Kier molecular flexibility index (Phi) is 8.85. The minimum absolute atomic E-state index is 0.0590. The summed E-state index contributed by atoms with van der Waals surface area (Å²) in [7, 11) is 0. The topological polar surface area (TPSA) is 94.6 Å². The molecule has 0 radical (unpaired) electrons. The average molecular weight is 384 g/mol. The first-order valence-corrected chi connectivity index (χ1v) is 9.57. The summed E-state index contributed by atoms with van der Waals surface area (Å²) in [6, 6.07) is 14.2. The minimum Gasteiger partial charge on any atom is -0.494 e. The number of unbranched alkanes of at least 4 members (excludes halogenated alkanes) is 3. The van der Waals surface area contributed by atoms with E-state index >= 15 is 0 Å². The first kappa shape index (κ1) is 21.3. The maximum atomic E-state index is 11.6. The smallest absolute Gasteiger partial charge is 0.338 e. The number of amidine groups is 1. The molecule has 2 aromatic carbocycles. The van der Waals surface area contributed by atoms with Crippen molar-refractivity contribution in [1.29, 1.82) is 5.41 Å². The lowest BCUT2D eigenvalue weighted by Gasteiger charge is -2.08. The van der Waals surface area contributed by atoms with E-state index in [2.05, 4.69) is 0 Å². The van der Waals surface area contributed by atoms with Crippen LogP contribution in [0.3, 0.4) is 0 Å². The Morgan fingerprint density at radius 3 is 1.71 bits per heavy atom. The van der Waals surface area contributed by atoms with Crippen molar-refractivity contribution < 1.29 is 19.0 Å². The highest BCUT2D eigenvalue weighted by Gasteiger charge is 2.05. The zero-order chi connectivity index (χ0) is 20.2. The molecule has 0 aliphatic carbocycles. The summed E-state index contributed by atoms with van der Waals surface area (Å²) in [4.78, 5) is 11.6. The third-order valence-electron chi connectivity index (χ3n) is 4.11. The second-order valence-corrected chi connectivity index (χ2v) is 6.29. The van der Waals surface area contributed by atoms with Crippen molar-refractivity contribution in [2.24, 2.45) is 5.73 Å². The van der Waals surface area contributed by atoms with Gasteiger partial charge in [0.25, 0.3) is 0 Å². The number of nitrogen functional groups attached to an aromatic ring is 1. The molecule has 0 aliphatic heterocycles. The normalized spacial score (nSPS) is 10.3. The van der Waals surface area contributed by atoms with Crippen LogP contribution in [0.1, 0.15) is 48.5 Å². The van der Waals surface area contributed by atoms with Crippen molar-refractivity contribution in [2.45, 2.75) is 32.6 Å². The highest BCUT2D eigenvalue weighted by atomic mass is 16.5. The standard InChI is InChI=1S/C22H28N2O4/c1-2-26-22(25)18-9-13-20(14-10-18)28-16-6-4-3-5-15-27-19-11-7-17(8-12-19)21(23)24/h7-14H,2-6,15-16H2,1H3,(H3,23,24). The summed E-state index contributed by atoms with van der Waals surface area (Å²) in [5, 5.41) is 7.36. The number of carbonyl (C=O) groups excluding carboxylic acids is 1. The van der Waals surface area contributed by atoms with Gasteiger partial charge in [-0.05, 0) is 81.1 Å². The first-order chi connectivity index (χ1) is 13.6. The maximum Gasteiger partial charge on any atom is 0.338 e. The molecule has 0 bridgehead atoms. The zero-order valence-corrected chi connectivity index (χ0v) is 16.3. The number of esters is 1. The number of nitrogens with two attached hydrogens (primary N) is 1. The van der Waals surface area contributed by atoms with Crippen LogP contribution in [0.15, 0.2) is 48.5 Å². The zero-order valence-electron chi connectivity index (χ0n) is 16.3. The van der Waals surface area contributed by atoms with Crippen molar-refractivity contribution in [1.82, 2.24) is 0 Å². The Balaban J connectivity index is 1.53. The molecule has 0 aromatic heterocycles. The molecule has 0 heterocycles. The van der Waals surface area contributed by atoms with Crippen molar-refractivity contribution >= 4 is 11.8 Å². The van der Waals surface area contributed by atoms with Crippen LogP contribution in [-0.4, -0.2) is 31.6 Å². The van der Waals surface area contributed by atoms with Crippen LogP contribution in [0.4, 0.5) is 0 Å². The molecule has 0 fully saturated rings. The predicted molar refractivity (Wildman–Crippen MR) is 109 cm³/mol. The van der Waals surface area contributed by atoms with Crippen LogP contribution in [0.25, 0.3) is 0 Å². The summed E-state index contributed by atoms with van der Waals surface area (Å²) in [6.45, 7) is 3.46. The number of carbonyl (C=O) groups is 1. The van der Waals surface area contributed by atoms with Gasteiger partial charge in [0, 0.05) is 5.56 Å². The molecule has 0 saturated heterocycles. The van der Waals surface area contributed by atoms with Crippen molar-refractivity contribution in [3.05, 3.63) is 59.7 Å². The monoisotopic (exact) mass is 384 g/mol. The molecular formula is C22H28N2O4. The Morgan fingerprint density at radius 1 is 0.821 bits per heavy atom. The molecule has 0 spiro atoms. The van der Waals surface area contributed by atoms with Gasteiger partial charge in [-0.3, -0.25) is 5.41 Å². The summed E-state index contributed by atoms with van der Waals surface area (Å²) >= 11 is 0. The van der Waals surface area contributed by atoms with Gasteiger partial charge in [-0.25, -0.2) is 4.79 Å². The second kappa shape index (κ2) is 11.6. The van der Waals surface area contributed by atoms with Crippen molar-refractivity contribution in [3.8, 4) is 11.5 Å². The molecule has 2 rings (SSSR count). The Labute approximate surface area is 166 Å². The third-order valence-corrected chi connectivity index (χ3v) is 4.11. The molecule has 28 heavy (non-hydrogen) atoms. The minimum atomic E-state index is -0.314. The Bertz CT molecular complexity index is 742. The fourth-order valence-corrected chi connectivity index (χ4v) is 2.57. The van der Waals surface area contributed by atoms with Gasteiger partial charge in [-0.1, -0.05) is 0 Å². The van der Waals surface area contributed by atoms with E-state index in [9.17, 15) is 4.79 Å². The molecule has 6 heteroatoms. The average Bonchev–Trinajstić information content (AvgIpc) is 2.71. The predicted octanol–water partition coefficient (Wildman–Crippen LogP) is 4.17. The van der Waals surface area contributed by atoms with E-state index in [1.165, 1.54) is 0 Å². The summed E-state index contributed by atoms with van der Waals surface area (Å²) in [5.41, 5.74) is 6.65. The van der Waals surface area contributed by atoms with Crippen LogP contribution in [0.2, 0.25) is 0 Å². The molecule has 0 aliphatic rings. The number of hydrogen-bond donors (Lipinski definition) is 2. The highest BCUT2D eigenvalue weighted by molar-refractivity contribution is 5.94. The molecule has 0 atom stereocenters. The quantitative estimate of drug-likeness (QED) is 0.248. The fraction of sp³-hybridized carbons (Fsp3) is 0.364.